The van der Waals surface area contributed by atoms with E-state index in [2.05, 4.69) is 60.8 Å². The lowest BCUT2D eigenvalue weighted by atomic mass is 10.1. The first-order valence-corrected chi connectivity index (χ1v) is 8.05. The van der Waals surface area contributed by atoms with Crippen LogP contribution in [0.15, 0.2) is 14.3 Å². The van der Waals surface area contributed by atoms with E-state index in [-0.39, 0.29) is 0 Å². The summed E-state index contributed by atoms with van der Waals surface area (Å²) in [5.74, 6) is 0. The van der Waals surface area contributed by atoms with Gasteiger partial charge >= 0.3 is 0 Å². The van der Waals surface area contributed by atoms with Gasteiger partial charge in [-0.2, -0.15) is 0 Å². The summed E-state index contributed by atoms with van der Waals surface area (Å²) in [6.07, 6.45) is 5.15. The van der Waals surface area contributed by atoms with Gasteiger partial charge in [-0.15, -0.1) is 11.3 Å². The highest BCUT2D eigenvalue weighted by Crippen LogP contribution is 2.40. The summed E-state index contributed by atoms with van der Waals surface area (Å²) in [6, 6.07) is 2.19. The number of hydrogen-bond acceptors (Lipinski definition) is 1. The van der Waals surface area contributed by atoms with Gasteiger partial charge in [0, 0.05) is 14.2 Å². The minimum absolute atomic E-state index is 0.515. The van der Waals surface area contributed by atoms with Gasteiger partial charge in [-0.25, -0.2) is 0 Å². The molecule has 0 saturated heterocycles. The van der Waals surface area contributed by atoms with Crippen molar-refractivity contribution in [1.82, 2.24) is 0 Å². The van der Waals surface area contributed by atoms with Crippen LogP contribution in [-0.4, -0.2) is 0 Å². The molecule has 0 nitrogen and oxygen atoms in total. The highest BCUT2D eigenvalue weighted by Gasteiger charge is 2.12. The average Bonchev–Trinajstić information content (AvgIpc) is 2.47. The highest BCUT2D eigenvalue weighted by molar-refractivity contribution is 9.13. The largest absolute Gasteiger partial charge is 0.131 e. The zero-order valence-corrected chi connectivity index (χ0v) is 13.6. The van der Waals surface area contributed by atoms with E-state index in [0.29, 0.717) is 4.83 Å². The van der Waals surface area contributed by atoms with Gasteiger partial charge in [-0.3, -0.25) is 0 Å². The second-order valence-electron chi connectivity index (χ2n) is 3.23. The molecule has 0 aliphatic carbocycles. The van der Waals surface area contributed by atoms with Crippen LogP contribution in [-0.2, 0) is 0 Å². The molecule has 4 heteroatoms. The van der Waals surface area contributed by atoms with E-state index >= 15 is 0 Å². The Morgan fingerprint density at radius 2 is 2.07 bits per heavy atom. The first kappa shape index (κ1) is 13.2. The van der Waals surface area contributed by atoms with Gasteiger partial charge < -0.3 is 0 Å². The normalized spacial score (nSPS) is 13.1. The molecule has 1 rings (SSSR count). The smallest absolute Gasteiger partial charge is 0.0843 e. The van der Waals surface area contributed by atoms with Crippen molar-refractivity contribution in [3.05, 3.63) is 19.2 Å². The first-order chi connectivity index (χ1) is 6.65. The number of hydrogen-bond donors (Lipinski definition) is 0. The van der Waals surface area contributed by atoms with Gasteiger partial charge in [0.2, 0.25) is 0 Å². The molecular weight excluding hydrogens is 392 g/mol. The molecule has 0 aromatic carbocycles. The van der Waals surface area contributed by atoms with Crippen LogP contribution in [0, 0.1) is 0 Å². The molecule has 0 bridgehead atoms. The van der Waals surface area contributed by atoms with E-state index in [1.54, 1.807) is 11.3 Å². The third-order valence-corrected chi connectivity index (χ3v) is 6.66. The Morgan fingerprint density at radius 1 is 1.36 bits per heavy atom. The van der Waals surface area contributed by atoms with Crippen LogP contribution in [0.1, 0.15) is 42.3 Å². The van der Waals surface area contributed by atoms with Crippen molar-refractivity contribution in [2.24, 2.45) is 0 Å². The molecule has 1 unspecified atom stereocenters. The Hall–Kier alpha value is 1.14. The van der Waals surface area contributed by atoms with Crippen molar-refractivity contribution in [3.8, 4) is 0 Å². The Morgan fingerprint density at radius 3 is 2.57 bits per heavy atom. The molecule has 0 N–H and O–H groups in total. The Labute approximate surface area is 115 Å². The van der Waals surface area contributed by atoms with Crippen LogP contribution < -0.4 is 0 Å². The standard InChI is InChI=1S/C10H13Br3S/c1-2-3-4-5-7(11)9-6-8(12)10(13)14-9/h6-7H,2-5H2,1H3. The zero-order chi connectivity index (χ0) is 10.6. The molecule has 80 valence electrons. The fourth-order valence-electron chi connectivity index (χ4n) is 1.23. The molecule has 0 saturated carbocycles. The molecule has 1 aromatic heterocycles. The second-order valence-corrected chi connectivity index (χ2v) is 7.60. The van der Waals surface area contributed by atoms with E-state index in [1.807, 2.05) is 0 Å². The molecule has 0 aliphatic rings. The van der Waals surface area contributed by atoms with E-state index < -0.39 is 0 Å². The Balaban J connectivity index is 2.47. The van der Waals surface area contributed by atoms with Crippen LogP contribution >= 0.6 is 59.1 Å². The quantitative estimate of drug-likeness (QED) is 0.399. The van der Waals surface area contributed by atoms with Gasteiger partial charge in [0.25, 0.3) is 0 Å². The lowest BCUT2D eigenvalue weighted by Crippen LogP contribution is -1.85. The fourth-order valence-corrected chi connectivity index (χ4v) is 4.07. The monoisotopic (exact) mass is 402 g/mol. The highest BCUT2D eigenvalue weighted by atomic mass is 79.9. The number of unbranched alkanes of at least 4 members (excludes halogenated alkanes) is 2. The molecular formula is C10H13Br3S. The van der Waals surface area contributed by atoms with Crippen LogP contribution in [0.25, 0.3) is 0 Å². The minimum atomic E-state index is 0.515. The topological polar surface area (TPSA) is 0 Å². The Bertz CT molecular complexity index is 263. The summed E-state index contributed by atoms with van der Waals surface area (Å²) in [4.78, 5) is 1.92. The summed E-state index contributed by atoms with van der Waals surface area (Å²) in [5, 5.41) is 0. The summed E-state index contributed by atoms with van der Waals surface area (Å²) in [6.45, 7) is 2.24. The molecule has 14 heavy (non-hydrogen) atoms. The number of halogens is 3. The van der Waals surface area contributed by atoms with Gasteiger partial charge in [0.05, 0.1) is 3.79 Å². The van der Waals surface area contributed by atoms with Crippen molar-refractivity contribution in [3.63, 3.8) is 0 Å². The maximum Gasteiger partial charge on any atom is 0.0843 e. The van der Waals surface area contributed by atoms with Gasteiger partial charge in [-0.05, 0) is 44.3 Å². The Kier molecular flexibility index (Phi) is 6.29. The van der Waals surface area contributed by atoms with Crippen LogP contribution in [0.2, 0.25) is 0 Å². The number of rotatable bonds is 5. The van der Waals surface area contributed by atoms with Crippen molar-refractivity contribution in [1.29, 1.82) is 0 Å². The van der Waals surface area contributed by atoms with E-state index in [4.69, 9.17) is 0 Å². The van der Waals surface area contributed by atoms with Crippen LogP contribution in [0.5, 0.6) is 0 Å². The maximum absolute atomic E-state index is 3.73. The average molecular weight is 405 g/mol. The SMILES string of the molecule is CCCCCC(Br)c1cc(Br)c(Br)s1. The summed E-state index contributed by atoms with van der Waals surface area (Å²) in [5.41, 5.74) is 0. The molecule has 0 aliphatic heterocycles. The third kappa shape index (κ3) is 3.95. The first-order valence-electron chi connectivity index (χ1n) is 4.74. The minimum Gasteiger partial charge on any atom is -0.131 e. The molecule has 1 atom stereocenters. The number of alkyl halides is 1. The number of thiophene rings is 1. The van der Waals surface area contributed by atoms with Gasteiger partial charge in [0.1, 0.15) is 0 Å². The molecule has 0 radical (unpaired) electrons. The predicted molar refractivity (Wildman–Crippen MR) is 75.5 cm³/mol. The molecule has 1 aromatic rings. The maximum atomic E-state index is 3.73. The van der Waals surface area contributed by atoms with E-state index in [9.17, 15) is 0 Å². The summed E-state index contributed by atoms with van der Waals surface area (Å²) < 4.78 is 2.35. The van der Waals surface area contributed by atoms with Crippen molar-refractivity contribution >= 4 is 59.1 Å². The molecule has 0 fully saturated rings. The van der Waals surface area contributed by atoms with E-state index in [0.717, 1.165) is 4.47 Å². The van der Waals surface area contributed by atoms with Gasteiger partial charge in [0.15, 0.2) is 0 Å². The summed E-state index contributed by atoms with van der Waals surface area (Å²) >= 11 is 12.6. The predicted octanol–water partition coefficient (Wildman–Crippen LogP) is 6.29. The van der Waals surface area contributed by atoms with Crippen molar-refractivity contribution < 1.29 is 0 Å². The van der Waals surface area contributed by atoms with E-state index in [1.165, 1.54) is 34.3 Å². The third-order valence-electron chi connectivity index (χ3n) is 2.03. The lowest BCUT2D eigenvalue weighted by Gasteiger charge is -2.05. The molecule has 1 heterocycles. The lowest BCUT2D eigenvalue weighted by molar-refractivity contribution is 0.667. The fraction of sp³-hybridized carbons (Fsp3) is 0.600. The van der Waals surface area contributed by atoms with Crippen LogP contribution in [0.4, 0.5) is 0 Å². The van der Waals surface area contributed by atoms with Gasteiger partial charge in [-0.1, -0.05) is 42.1 Å². The van der Waals surface area contributed by atoms with Crippen molar-refractivity contribution in [2.45, 2.75) is 37.4 Å². The molecule has 0 spiro atoms. The van der Waals surface area contributed by atoms with Crippen molar-refractivity contribution in [2.75, 3.05) is 0 Å². The van der Waals surface area contributed by atoms with Crippen LogP contribution in [0.3, 0.4) is 0 Å². The zero-order valence-electron chi connectivity index (χ0n) is 8.03. The second kappa shape index (κ2) is 6.66. The summed E-state index contributed by atoms with van der Waals surface area (Å²) in [7, 11) is 0. The molecule has 0 amide bonds.